The van der Waals surface area contributed by atoms with Crippen molar-refractivity contribution in [3.8, 4) is 0 Å². The maximum atomic E-state index is 11.9. The van der Waals surface area contributed by atoms with Crippen molar-refractivity contribution in [2.45, 2.75) is 12.8 Å². The van der Waals surface area contributed by atoms with Crippen molar-refractivity contribution >= 4 is 29.2 Å². The summed E-state index contributed by atoms with van der Waals surface area (Å²) in [6, 6.07) is 4.76. The van der Waals surface area contributed by atoms with Crippen LogP contribution in [-0.4, -0.2) is 32.1 Å². The average Bonchev–Trinajstić information content (AvgIpc) is 2.92. The zero-order valence-electron chi connectivity index (χ0n) is 11.2. The minimum Gasteiger partial charge on any atom is -0.465 e. The molecule has 2 rings (SSSR count). The van der Waals surface area contributed by atoms with Crippen LogP contribution in [0.15, 0.2) is 18.2 Å². The molecule has 5 nitrogen and oxygen atoms in total. The number of carbonyl (C=O) groups excluding carboxylic acids is 2. The SMILES string of the molecule is COC(=O)c1cc(NC(=O)CC2CCNC2)ccc1Cl. The first-order valence-electron chi connectivity index (χ1n) is 6.48. The van der Waals surface area contributed by atoms with Crippen molar-refractivity contribution in [3.63, 3.8) is 0 Å². The minimum atomic E-state index is -0.522. The fourth-order valence-electron chi connectivity index (χ4n) is 2.23. The lowest BCUT2D eigenvalue weighted by molar-refractivity contribution is -0.116. The van der Waals surface area contributed by atoms with Crippen LogP contribution in [0.1, 0.15) is 23.2 Å². The molecule has 0 saturated carbocycles. The lowest BCUT2D eigenvalue weighted by Crippen LogP contribution is -2.18. The molecule has 1 aliphatic heterocycles. The second kappa shape index (κ2) is 6.72. The van der Waals surface area contributed by atoms with Gasteiger partial charge in [0.25, 0.3) is 0 Å². The third kappa shape index (κ3) is 3.71. The first-order valence-corrected chi connectivity index (χ1v) is 6.86. The zero-order chi connectivity index (χ0) is 14.5. The number of nitrogens with one attached hydrogen (secondary N) is 2. The number of ether oxygens (including phenoxy) is 1. The molecular formula is C14H17ClN2O3. The molecule has 1 fully saturated rings. The summed E-state index contributed by atoms with van der Waals surface area (Å²) in [6.45, 7) is 1.84. The Morgan fingerprint density at radius 2 is 2.30 bits per heavy atom. The molecule has 0 aliphatic carbocycles. The monoisotopic (exact) mass is 296 g/mol. The third-order valence-corrected chi connectivity index (χ3v) is 3.62. The Hall–Kier alpha value is -1.59. The topological polar surface area (TPSA) is 67.4 Å². The number of methoxy groups -OCH3 is 1. The summed E-state index contributed by atoms with van der Waals surface area (Å²) in [5.41, 5.74) is 0.792. The number of hydrogen-bond acceptors (Lipinski definition) is 4. The van der Waals surface area contributed by atoms with Gasteiger partial charge in [-0.1, -0.05) is 11.6 Å². The molecule has 1 saturated heterocycles. The number of esters is 1. The maximum absolute atomic E-state index is 11.9. The molecular weight excluding hydrogens is 280 g/mol. The van der Waals surface area contributed by atoms with Crippen LogP contribution in [0.25, 0.3) is 0 Å². The van der Waals surface area contributed by atoms with Gasteiger partial charge < -0.3 is 15.4 Å². The van der Waals surface area contributed by atoms with Gasteiger partial charge in [0, 0.05) is 12.1 Å². The van der Waals surface area contributed by atoms with Gasteiger partial charge in [-0.25, -0.2) is 4.79 Å². The molecule has 1 aromatic carbocycles. The van der Waals surface area contributed by atoms with Crippen molar-refractivity contribution in [2.75, 3.05) is 25.5 Å². The fraction of sp³-hybridized carbons (Fsp3) is 0.429. The molecule has 0 bridgehead atoms. The van der Waals surface area contributed by atoms with Crippen molar-refractivity contribution in [2.24, 2.45) is 5.92 Å². The van der Waals surface area contributed by atoms with Gasteiger partial charge in [0.1, 0.15) is 0 Å². The molecule has 6 heteroatoms. The van der Waals surface area contributed by atoms with E-state index >= 15 is 0 Å². The Bertz CT molecular complexity index is 513. The van der Waals surface area contributed by atoms with Crippen LogP contribution in [0.3, 0.4) is 0 Å². The van der Waals surface area contributed by atoms with E-state index in [2.05, 4.69) is 15.4 Å². The highest BCUT2D eigenvalue weighted by Crippen LogP contribution is 2.22. The van der Waals surface area contributed by atoms with Crippen LogP contribution < -0.4 is 10.6 Å². The first kappa shape index (κ1) is 14.8. The normalized spacial score (nSPS) is 17.8. The van der Waals surface area contributed by atoms with Crippen LogP contribution >= 0.6 is 11.6 Å². The number of halogens is 1. The van der Waals surface area contributed by atoms with E-state index in [1.54, 1.807) is 12.1 Å². The Morgan fingerprint density at radius 1 is 1.50 bits per heavy atom. The highest BCUT2D eigenvalue weighted by molar-refractivity contribution is 6.33. The minimum absolute atomic E-state index is 0.0585. The second-order valence-electron chi connectivity index (χ2n) is 4.80. The van der Waals surface area contributed by atoms with Crippen LogP contribution in [0.2, 0.25) is 5.02 Å². The third-order valence-electron chi connectivity index (χ3n) is 3.29. The summed E-state index contributed by atoms with van der Waals surface area (Å²) in [5, 5.41) is 6.31. The van der Waals surface area contributed by atoms with Gasteiger partial charge in [-0.05, 0) is 43.6 Å². The van der Waals surface area contributed by atoms with Gasteiger partial charge >= 0.3 is 5.97 Å². The molecule has 2 N–H and O–H groups in total. The summed E-state index contributed by atoms with van der Waals surface area (Å²) < 4.78 is 4.64. The van der Waals surface area contributed by atoms with Gasteiger partial charge in [0.15, 0.2) is 0 Å². The lowest BCUT2D eigenvalue weighted by Gasteiger charge is -2.10. The molecule has 1 unspecified atom stereocenters. The number of amides is 1. The number of rotatable bonds is 4. The van der Waals surface area contributed by atoms with E-state index < -0.39 is 5.97 Å². The van der Waals surface area contributed by atoms with E-state index in [4.69, 9.17) is 11.6 Å². The standard InChI is InChI=1S/C14H17ClN2O3/c1-20-14(19)11-7-10(2-3-12(11)15)17-13(18)6-9-4-5-16-8-9/h2-3,7,9,16H,4-6,8H2,1H3,(H,17,18). The van der Waals surface area contributed by atoms with Crippen LogP contribution in [0.4, 0.5) is 5.69 Å². The smallest absolute Gasteiger partial charge is 0.339 e. The van der Waals surface area contributed by atoms with Gasteiger partial charge in [0.2, 0.25) is 5.91 Å². The van der Waals surface area contributed by atoms with Crippen molar-refractivity contribution in [1.82, 2.24) is 5.32 Å². The lowest BCUT2D eigenvalue weighted by atomic mass is 10.0. The van der Waals surface area contributed by atoms with Crippen LogP contribution in [0, 0.1) is 5.92 Å². The molecule has 1 aliphatic rings. The largest absolute Gasteiger partial charge is 0.465 e. The Morgan fingerprint density at radius 3 is 2.95 bits per heavy atom. The van der Waals surface area contributed by atoms with Crippen molar-refractivity contribution in [1.29, 1.82) is 0 Å². The van der Waals surface area contributed by atoms with E-state index in [0.717, 1.165) is 19.5 Å². The number of anilines is 1. The predicted molar refractivity (Wildman–Crippen MR) is 77.0 cm³/mol. The van der Waals surface area contributed by atoms with Gasteiger partial charge in [-0.15, -0.1) is 0 Å². The number of benzene rings is 1. The molecule has 1 heterocycles. The van der Waals surface area contributed by atoms with Crippen LogP contribution in [-0.2, 0) is 9.53 Å². The Labute approximate surface area is 122 Å². The molecule has 0 radical (unpaired) electrons. The summed E-state index contributed by atoms with van der Waals surface area (Å²) >= 11 is 5.92. The van der Waals surface area contributed by atoms with Gasteiger partial charge in [-0.3, -0.25) is 4.79 Å². The quantitative estimate of drug-likeness (QED) is 0.835. The Kier molecular flexibility index (Phi) is 4.98. The zero-order valence-corrected chi connectivity index (χ0v) is 12.0. The van der Waals surface area contributed by atoms with E-state index in [0.29, 0.717) is 23.0 Å². The summed E-state index contributed by atoms with van der Waals surface area (Å²) in [4.78, 5) is 23.4. The van der Waals surface area contributed by atoms with Gasteiger partial charge in [0.05, 0.1) is 17.7 Å². The maximum Gasteiger partial charge on any atom is 0.339 e. The molecule has 1 aromatic rings. The molecule has 1 atom stereocenters. The van der Waals surface area contributed by atoms with Crippen molar-refractivity contribution < 1.29 is 14.3 Å². The van der Waals surface area contributed by atoms with Crippen molar-refractivity contribution in [3.05, 3.63) is 28.8 Å². The Balaban J connectivity index is 2.01. The predicted octanol–water partition coefficient (Wildman–Crippen LogP) is 2.06. The first-order chi connectivity index (χ1) is 9.60. The molecule has 0 spiro atoms. The molecule has 20 heavy (non-hydrogen) atoms. The van der Waals surface area contributed by atoms with E-state index in [1.165, 1.54) is 13.2 Å². The fourth-order valence-corrected chi connectivity index (χ4v) is 2.43. The highest BCUT2D eigenvalue weighted by Gasteiger charge is 2.18. The average molecular weight is 297 g/mol. The second-order valence-corrected chi connectivity index (χ2v) is 5.20. The molecule has 108 valence electrons. The van der Waals surface area contributed by atoms with Crippen LogP contribution in [0.5, 0.6) is 0 Å². The van der Waals surface area contributed by atoms with E-state index in [9.17, 15) is 9.59 Å². The number of carbonyl (C=O) groups is 2. The van der Waals surface area contributed by atoms with Gasteiger partial charge in [-0.2, -0.15) is 0 Å². The summed E-state index contributed by atoms with van der Waals surface area (Å²) in [5.74, 6) is -0.203. The highest BCUT2D eigenvalue weighted by atomic mass is 35.5. The summed E-state index contributed by atoms with van der Waals surface area (Å²) in [7, 11) is 1.29. The molecule has 0 aromatic heterocycles. The summed E-state index contributed by atoms with van der Waals surface area (Å²) in [6.07, 6.45) is 1.49. The van der Waals surface area contributed by atoms with E-state index in [1.807, 2.05) is 0 Å². The number of hydrogen-bond donors (Lipinski definition) is 2. The van der Waals surface area contributed by atoms with E-state index in [-0.39, 0.29) is 11.5 Å². The molecule has 1 amide bonds.